The van der Waals surface area contributed by atoms with Crippen LogP contribution in [0.1, 0.15) is 66.0 Å². The van der Waals surface area contributed by atoms with Crippen LogP contribution in [0.4, 0.5) is 0 Å². The number of carbonyl (C=O) groups excluding carboxylic acids is 1. The zero-order valence-electron chi connectivity index (χ0n) is 15.5. The molecule has 1 saturated heterocycles. The monoisotopic (exact) mass is 354 g/mol. The maximum atomic E-state index is 12.8. The maximum absolute atomic E-state index is 12.8. The Kier molecular flexibility index (Phi) is 4.72. The molecule has 2 aliphatic rings. The van der Waals surface area contributed by atoms with Crippen LogP contribution in [0.25, 0.3) is 0 Å². The number of carbonyl (C=O) groups is 1. The molecule has 0 bridgehead atoms. The summed E-state index contributed by atoms with van der Waals surface area (Å²) in [4.78, 5) is 23.9. The van der Waals surface area contributed by atoms with Crippen LogP contribution in [0.15, 0.2) is 12.3 Å². The van der Waals surface area contributed by atoms with Gasteiger partial charge >= 0.3 is 0 Å². The van der Waals surface area contributed by atoms with Crippen LogP contribution in [-0.2, 0) is 19.4 Å². The number of nitrogens with one attached hydrogen (secondary N) is 2. The zero-order chi connectivity index (χ0) is 18.1. The first-order valence-electron chi connectivity index (χ1n) is 9.52. The number of fused-ring (bicyclic) bond motifs is 1. The van der Waals surface area contributed by atoms with Gasteiger partial charge in [-0.15, -0.1) is 0 Å². The Morgan fingerprint density at radius 1 is 1.42 bits per heavy atom. The van der Waals surface area contributed by atoms with Gasteiger partial charge < -0.3 is 10.2 Å². The molecule has 1 fully saturated rings. The van der Waals surface area contributed by atoms with Crippen molar-refractivity contribution in [2.45, 2.75) is 52.1 Å². The Bertz CT molecular complexity index is 793. The molecule has 0 aliphatic carbocycles. The first kappa shape index (κ1) is 17.1. The molecule has 2 aliphatic heterocycles. The van der Waals surface area contributed by atoms with Gasteiger partial charge in [0.15, 0.2) is 0 Å². The van der Waals surface area contributed by atoms with Crippen LogP contribution >= 0.6 is 0 Å². The molecule has 2 aromatic heterocycles. The molecule has 0 aromatic carbocycles. The average molecular weight is 354 g/mol. The first-order valence-corrected chi connectivity index (χ1v) is 9.52. The summed E-state index contributed by atoms with van der Waals surface area (Å²) in [6.45, 7) is 6.57. The number of hydrogen-bond acceptors (Lipinski definition) is 5. The van der Waals surface area contributed by atoms with Gasteiger partial charge in [-0.2, -0.15) is 5.10 Å². The molecule has 7 nitrogen and oxygen atoms in total. The third-order valence-electron chi connectivity index (χ3n) is 5.09. The molecule has 1 amide bonds. The molecular formula is C19H26N6O. The lowest BCUT2D eigenvalue weighted by atomic mass is 10.1. The summed E-state index contributed by atoms with van der Waals surface area (Å²) in [6.07, 6.45) is 5.84. The number of aromatic nitrogens is 4. The smallest absolute Gasteiger partial charge is 0.274 e. The Balaban J connectivity index is 1.46. The van der Waals surface area contributed by atoms with Gasteiger partial charge in [-0.3, -0.25) is 9.89 Å². The largest absolute Gasteiger partial charge is 0.332 e. The van der Waals surface area contributed by atoms with E-state index >= 15 is 0 Å². The topological polar surface area (TPSA) is 86.8 Å². The van der Waals surface area contributed by atoms with Gasteiger partial charge in [-0.25, -0.2) is 9.97 Å². The predicted octanol–water partition coefficient (Wildman–Crippen LogP) is 2.02. The Morgan fingerprint density at radius 3 is 3.08 bits per heavy atom. The minimum absolute atomic E-state index is 0.0246. The molecule has 0 spiro atoms. The Morgan fingerprint density at radius 2 is 2.31 bits per heavy atom. The summed E-state index contributed by atoms with van der Waals surface area (Å²) >= 11 is 0. The van der Waals surface area contributed by atoms with E-state index < -0.39 is 0 Å². The van der Waals surface area contributed by atoms with E-state index in [9.17, 15) is 4.79 Å². The Labute approximate surface area is 153 Å². The molecule has 4 heterocycles. The number of hydrogen-bond donors (Lipinski definition) is 2. The summed E-state index contributed by atoms with van der Waals surface area (Å²) < 4.78 is 0. The normalized spacial score (nSPS) is 19.8. The number of nitrogens with zero attached hydrogens (tertiary/aromatic N) is 4. The molecule has 138 valence electrons. The van der Waals surface area contributed by atoms with E-state index in [4.69, 9.17) is 4.98 Å². The van der Waals surface area contributed by atoms with Gasteiger partial charge in [0.2, 0.25) is 0 Å². The molecule has 0 radical (unpaired) electrons. The van der Waals surface area contributed by atoms with Crippen LogP contribution in [0.3, 0.4) is 0 Å². The third-order valence-corrected chi connectivity index (χ3v) is 5.09. The molecule has 0 saturated carbocycles. The van der Waals surface area contributed by atoms with Crippen LogP contribution in [0, 0.1) is 5.92 Å². The molecule has 2 N–H and O–H groups in total. The van der Waals surface area contributed by atoms with Crippen molar-refractivity contribution in [3.05, 3.63) is 40.7 Å². The summed E-state index contributed by atoms with van der Waals surface area (Å²) in [5.41, 5.74) is 3.63. The van der Waals surface area contributed by atoms with E-state index in [2.05, 4.69) is 34.3 Å². The van der Waals surface area contributed by atoms with Crippen molar-refractivity contribution in [1.29, 1.82) is 0 Å². The second kappa shape index (κ2) is 7.15. The molecule has 26 heavy (non-hydrogen) atoms. The third kappa shape index (κ3) is 3.49. The van der Waals surface area contributed by atoms with Gasteiger partial charge in [-0.05, 0) is 37.8 Å². The van der Waals surface area contributed by atoms with E-state index in [1.54, 1.807) is 0 Å². The molecule has 2 aromatic rings. The van der Waals surface area contributed by atoms with Gasteiger partial charge in [0.05, 0.1) is 11.7 Å². The quantitative estimate of drug-likeness (QED) is 0.877. The fourth-order valence-electron chi connectivity index (χ4n) is 3.76. The predicted molar refractivity (Wildman–Crippen MR) is 97.6 cm³/mol. The summed E-state index contributed by atoms with van der Waals surface area (Å²) in [6, 6.07) is 2.16. The highest BCUT2D eigenvalue weighted by atomic mass is 16.2. The van der Waals surface area contributed by atoms with Crippen LogP contribution in [0.2, 0.25) is 0 Å². The minimum Gasteiger partial charge on any atom is -0.332 e. The van der Waals surface area contributed by atoms with E-state index in [-0.39, 0.29) is 11.9 Å². The average Bonchev–Trinajstić information content (AvgIpc) is 3.31. The summed E-state index contributed by atoms with van der Waals surface area (Å²) in [5, 5.41) is 10.6. The molecule has 0 unspecified atom stereocenters. The van der Waals surface area contributed by atoms with Gasteiger partial charge in [0, 0.05) is 37.0 Å². The van der Waals surface area contributed by atoms with Gasteiger partial charge in [0.1, 0.15) is 11.5 Å². The number of rotatable bonds is 4. The fraction of sp³-hybridized carbons (Fsp3) is 0.579. The second-order valence-corrected chi connectivity index (χ2v) is 7.70. The lowest BCUT2D eigenvalue weighted by Crippen LogP contribution is -2.37. The second-order valence-electron chi connectivity index (χ2n) is 7.70. The van der Waals surface area contributed by atoms with Crippen molar-refractivity contribution in [1.82, 2.24) is 30.4 Å². The fourth-order valence-corrected chi connectivity index (χ4v) is 3.76. The molecule has 1 atom stereocenters. The van der Waals surface area contributed by atoms with Crippen LogP contribution < -0.4 is 5.32 Å². The van der Waals surface area contributed by atoms with Crippen molar-refractivity contribution in [2.24, 2.45) is 5.92 Å². The first-order chi connectivity index (χ1) is 12.6. The zero-order valence-corrected chi connectivity index (χ0v) is 15.5. The summed E-state index contributed by atoms with van der Waals surface area (Å²) in [7, 11) is 0. The van der Waals surface area contributed by atoms with Crippen molar-refractivity contribution in [3.8, 4) is 0 Å². The van der Waals surface area contributed by atoms with Crippen molar-refractivity contribution in [2.75, 3.05) is 13.1 Å². The van der Waals surface area contributed by atoms with E-state index in [0.717, 1.165) is 48.6 Å². The van der Waals surface area contributed by atoms with E-state index in [1.807, 2.05) is 17.2 Å². The number of amides is 1. The minimum atomic E-state index is -0.0246. The highest BCUT2D eigenvalue weighted by Gasteiger charge is 2.26. The SMILES string of the molecule is CC(C)Cc1cc(C(=O)N2CCc3nc([C@@H]4CCCN4)ncc3C2)n[nH]1. The molecule has 7 heteroatoms. The number of H-pyrrole nitrogens is 1. The molecule has 4 rings (SSSR count). The lowest BCUT2D eigenvalue weighted by Gasteiger charge is -2.28. The lowest BCUT2D eigenvalue weighted by molar-refractivity contribution is 0.0727. The van der Waals surface area contributed by atoms with Crippen LogP contribution in [0.5, 0.6) is 0 Å². The number of aromatic amines is 1. The standard InChI is InChI=1S/C19H26N6O/c1-12(2)8-14-9-17(24-23-14)19(26)25-7-5-15-13(11-25)10-21-18(22-15)16-4-3-6-20-16/h9-10,12,16,20H,3-8,11H2,1-2H3,(H,23,24)/t16-/m0/s1. The van der Waals surface area contributed by atoms with Crippen molar-refractivity contribution < 1.29 is 4.79 Å². The van der Waals surface area contributed by atoms with Crippen molar-refractivity contribution >= 4 is 5.91 Å². The highest BCUT2D eigenvalue weighted by Crippen LogP contribution is 2.23. The van der Waals surface area contributed by atoms with Crippen LogP contribution in [-0.4, -0.2) is 44.1 Å². The van der Waals surface area contributed by atoms with Gasteiger partial charge in [-0.1, -0.05) is 13.8 Å². The van der Waals surface area contributed by atoms with Crippen molar-refractivity contribution in [3.63, 3.8) is 0 Å². The summed E-state index contributed by atoms with van der Waals surface area (Å²) in [5.74, 6) is 1.40. The molecular weight excluding hydrogens is 328 g/mol. The Hall–Kier alpha value is -2.28. The highest BCUT2D eigenvalue weighted by molar-refractivity contribution is 5.92. The maximum Gasteiger partial charge on any atom is 0.274 e. The van der Waals surface area contributed by atoms with E-state index in [0.29, 0.717) is 24.7 Å². The van der Waals surface area contributed by atoms with E-state index in [1.165, 1.54) is 6.42 Å². The van der Waals surface area contributed by atoms with Gasteiger partial charge in [0.25, 0.3) is 5.91 Å².